The Morgan fingerprint density at radius 3 is 2.70 bits per heavy atom. The maximum Gasteiger partial charge on any atom is 0.278 e. The standard InChI is InChI=1S/C24H28ClN5O2S/c1-15(2)16-9-7-11-29(13-16)22-18(12-26)20-21(23(31)28(3)24(27-20)33(4)32)30(22)14-17-8-5-6-10-19(17)25/h5-6,8,10,15-16H,7,9,11,13-14H2,1-4H3. The van der Waals surface area contributed by atoms with E-state index < -0.39 is 10.8 Å². The highest BCUT2D eigenvalue weighted by Crippen LogP contribution is 2.35. The molecule has 0 N–H and O–H groups in total. The molecule has 1 aliphatic rings. The zero-order valence-corrected chi connectivity index (χ0v) is 20.9. The first kappa shape index (κ1) is 23.5. The summed E-state index contributed by atoms with van der Waals surface area (Å²) < 4.78 is 15.5. The molecule has 0 amide bonds. The summed E-state index contributed by atoms with van der Waals surface area (Å²) in [6, 6.07) is 9.82. The minimum atomic E-state index is -1.47. The second-order valence-corrected chi connectivity index (χ2v) is 10.7. The molecule has 0 saturated carbocycles. The number of hydrogen-bond donors (Lipinski definition) is 0. The third-order valence-electron chi connectivity index (χ3n) is 6.57. The molecule has 0 bridgehead atoms. The lowest BCUT2D eigenvalue weighted by Crippen LogP contribution is -2.39. The van der Waals surface area contributed by atoms with Gasteiger partial charge in [0.05, 0.1) is 17.3 Å². The summed E-state index contributed by atoms with van der Waals surface area (Å²) in [4.78, 5) is 20.3. The molecule has 9 heteroatoms. The summed E-state index contributed by atoms with van der Waals surface area (Å²) in [5, 5.41) is 11.0. The molecule has 1 aromatic carbocycles. The van der Waals surface area contributed by atoms with Crippen LogP contribution in [0.4, 0.5) is 5.82 Å². The highest BCUT2D eigenvalue weighted by molar-refractivity contribution is 7.84. The Morgan fingerprint density at radius 2 is 2.06 bits per heavy atom. The van der Waals surface area contributed by atoms with Crippen LogP contribution < -0.4 is 10.5 Å². The van der Waals surface area contributed by atoms with Crippen molar-refractivity contribution in [1.29, 1.82) is 5.26 Å². The summed E-state index contributed by atoms with van der Waals surface area (Å²) in [6.07, 6.45) is 3.63. The molecule has 2 aromatic heterocycles. The van der Waals surface area contributed by atoms with Gasteiger partial charge < -0.3 is 9.47 Å². The molecule has 33 heavy (non-hydrogen) atoms. The number of anilines is 1. The molecule has 1 saturated heterocycles. The molecule has 7 nitrogen and oxygen atoms in total. The fraction of sp³-hybridized carbons (Fsp3) is 0.458. The lowest BCUT2D eigenvalue weighted by atomic mass is 9.88. The van der Waals surface area contributed by atoms with Gasteiger partial charge in [0.1, 0.15) is 28.5 Å². The van der Waals surface area contributed by atoms with Crippen LogP contribution in [0.15, 0.2) is 34.2 Å². The first-order valence-electron chi connectivity index (χ1n) is 11.1. The number of aromatic nitrogens is 3. The average Bonchev–Trinajstić information content (AvgIpc) is 3.10. The van der Waals surface area contributed by atoms with Crippen molar-refractivity contribution in [2.45, 2.75) is 38.4 Å². The Morgan fingerprint density at radius 1 is 1.33 bits per heavy atom. The molecule has 0 spiro atoms. The van der Waals surface area contributed by atoms with Crippen molar-refractivity contribution in [2.75, 3.05) is 24.2 Å². The van der Waals surface area contributed by atoms with Crippen LogP contribution in [0, 0.1) is 23.2 Å². The van der Waals surface area contributed by atoms with Crippen molar-refractivity contribution >= 4 is 39.3 Å². The largest absolute Gasteiger partial charge is 0.357 e. The average molecular weight is 486 g/mol. The Kier molecular flexibility index (Phi) is 6.64. The van der Waals surface area contributed by atoms with Crippen LogP contribution >= 0.6 is 11.6 Å². The van der Waals surface area contributed by atoms with Gasteiger partial charge in [0.15, 0.2) is 0 Å². The maximum absolute atomic E-state index is 13.5. The van der Waals surface area contributed by atoms with Crippen molar-refractivity contribution in [3.63, 3.8) is 0 Å². The SMILES string of the molecule is CC(C)C1CCCN(c2c(C#N)c3nc(S(C)=O)n(C)c(=O)c3n2Cc2ccccc2Cl)C1. The quantitative estimate of drug-likeness (QED) is 0.511. The van der Waals surface area contributed by atoms with Gasteiger partial charge in [-0.05, 0) is 36.3 Å². The van der Waals surface area contributed by atoms with E-state index in [-0.39, 0.29) is 10.7 Å². The highest BCUT2D eigenvalue weighted by Gasteiger charge is 2.31. The third kappa shape index (κ3) is 4.20. The summed E-state index contributed by atoms with van der Waals surface area (Å²) in [5.41, 5.74) is 1.53. The van der Waals surface area contributed by atoms with Crippen molar-refractivity contribution in [1.82, 2.24) is 14.1 Å². The monoisotopic (exact) mass is 485 g/mol. The third-order valence-corrected chi connectivity index (χ3v) is 7.82. The predicted octanol–water partition coefficient (Wildman–Crippen LogP) is 3.92. The van der Waals surface area contributed by atoms with E-state index >= 15 is 0 Å². The van der Waals surface area contributed by atoms with E-state index in [2.05, 4.69) is 29.8 Å². The zero-order chi connectivity index (χ0) is 23.9. The fourth-order valence-corrected chi connectivity index (χ4v) is 5.61. The fourth-order valence-electron chi connectivity index (χ4n) is 4.72. The van der Waals surface area contributed by atoms with Crippen LogP contribution in [0.2, 0.25) is 5.02 Å². The van der Waals surface area contributed by atoms with E-state index in [0.717, 1.165) is 31.5 Å². The molecular formula is C24H28ClN5O2S. The van der Waals surface area contributed by atoms with E-state index in [4.69, 9.17) is 11.6 Å². The summed E-state index contributed by atoms with van der Waals surface area (Å²) in [7, 11) is 0.0950. The molecule has 1 aliphatic heterocycles. The minimum absolute atomic E-state index is 0.157. The van der Waals surface area contributed by atoms with E-state index in [1.54, 1.807) is 7.05 Å². The summed E-state index contributed by atoms with van der Waals surface area (Å²) in [5.74, 6) is 1.70. The van der Waals surface area contributed by atoms with Crippen LogP contribution in [0.3, 0.4) is 0 Å². The number of fused-ring (bicyclic) bond motifs is 1. The topological polar surface area (TPSA) is 83.9 Å². The first-order valence-corrected chi connectivity index (χ1v) is 13.0. The molecule has 174 valence electrons. The van der Waals surface area contributed by atoms with Gasteiger partial charge in [-0.1, -0.05) is 43.6 Å². The number of halogens is 1. The number of nitriles is 1. The molecule has 0 radical (unpaired) electrons. The molecule has 3 aromatic rings. The van der Waals surface area contributed by atoms with Crippen LogP contribution in [0.1, 0.15) is 37.8 Å². The van der Waals surface area contributed by atoms with Gasteiger partial charge in [-0.25, -0.2) is 4.98 Å². The number of rotatable bonds is 5. The molecule has 1 fully saturated rings. The molecule has 2 unspecified atom stereocenters. The van der Waals surface area contributed by atoms with Crippen molar-refractivity contribution in [3.8, 4) is 6.07 Å². The molecular weight excluding hydrogens is 458 g/mol. The Labute approximate surface area is 201 Å². The molecule has 2 atom stereocenters. The van der Waals surface area contributed by atoms with Gasteiger partial charge in [0.2, 0.25) is 5.16 Å². The lowest BCUT2D eigenvalue weighted by molar-refractivity contribution is 0.320. The first-order chi connectivity index (χ1) is 15.7. The number of benzene rings is 1. The van der Waals surface area contributed by atoms with E-state index in [9.17, 15) is 14.3 Å². The second kappa shape index (κ2) is 9.32. The van der Waals surface area contributed by atoms with Crippen LogP contribution in [0.25, 0.3) is 11.0 Å². The van der Waals surface area contributed by atoms with Crippen LogP contribution in [-0.4, -0.2) is 37.7 Å². The maximum atomic E-state index is 13.5. The molecule has 4 rings (SSSR count). The predicted molar refractivity (Wildman–Crippen MR) is 132 cm³/mol. The van der Waals surface area contributed by atoms with Crippen molar-refractivity contribution in [2.24, 2.45) is 18.9 Å². The van der Waals surface area contributed by atoms with E-state index in [1.807, 2.05) is 28.8 Å². The van der Waals surface area contributed by atoms with Gasteiger partial charge in [-0.15, -0.1) is 0 Å². The Balaban J connectivity index is 2.03. The highest BCUT2D eigenvalue weighted by atomic mass is 35.5. The second-order valence-electron chi connectivity index (χ2n) is 8.99. The molecule has 0 aliphatic carbocycles. The number of piperidine rings is 1. The smallest absolute Gasteiger partial charge is 0.278 e. The van der Waals surface area contributed by atoms with Gasteiger partial charge in [0, 0.05) is 31.4 Å². The molecule has 3 heterocycles. The van der Waals surface area contributed by atoms with Crippen molar-refractivity contribution in [3.05, 3.63) is 50.8 Å². The number of hydrogen-bond acceptors (Lipinski definition) is 5. The summed E-state index contributed by atoms with van der Waals surface area (Å²) >= 11 is 6.48. The lowest BCUT2D eigenvalue weighted by Gasteiger charge is -2.36. The van der Waals surface area contributed by atoms with Crippen LogP contribution in [0.5, 0.6) is 0 Å². The van der Waals surface area contributed by atoms with Crippen molar-refractivity contribution < 1.29 is 4.21 Å². The van der Waals surface area contributed by atoms with Gasteiger partial charge in [-0.3, -0.25) is 13.6 Å². The van der Waals surface area contributed by atoms with Crippen LogP contribution in [-0.2, 0) is 24.4 Å². The zero-order valence-electron chi connectivity index (χ0n) is 19.3. The Hall–Kier alpha value is -2.63. The normalized spacial score (nSPS) is 17.5. The van der Waals surface area contributed by atoms with Gasteiger partial charge in [-0.2, -0.15) is 5.26 Å². The number of nitrogens with zero attached hydrogens (tertiary/aromatic N) is 5. The van der Waals surface area contributed by atoms with Gasteiger partial charge in [0.25, 0.3) is 5.56 Å². The van der Waals surface area contributed by atoms with E-state index in [0.29, 0.717) is 45.8 Å². The minimum Gasteiger partial charge on any atom is -0.357 e. The Bertz CT molecular complexity index is 1340. The summed E-state index contributed by atoms with van der Waals surface area (Å²) in [6.45, 7) is 6.38. The van der Waals surface area contributed by atoms with E-state index in [1.165, 1.54) is 10.8 Å². The van der Waals surface area contributed by atoms with Gasteiger partial charge >= 0.3 is 0 Å².